The maximum absolute atomic E-state index is 14.1. The molecule has 9 nitrogen and oxygen atoms in total. The van der Waals surface area contributed by atoms with Crippen LogP contribution in [0.4, 0.5) is 20.5 Å². The maximum atomic E-state index is 14.1. The Balaban J connectivity index is 1.37. The lowest BCUT2D eigenvalue weighted by Crippen LogP contribution is -2.38. The standard InChI is InChI=1S/C27H37F2N7O2/c1-34(11-14-37-2)20-9-7-19(8-10-20)18-30-27-32-23(35-12-15-38-16-13-35)17-24(33-27)36-22-6-4-3-5-21(22)31-26(36)25(28)29/h3-6,17,19-20,25H,7-16,18H2,1-2H3,(H,30,32,33). The highest BCUT2D eigenvalue weighted by atomic mass is 19.3. The quantitative estimate of drug-likeness (QED) is 0.420. The van der Waals surface area contributed by atoms with E-state index in [-0.39, 0.29) is 5.82 Å². The third-order valence-electron chi connectivity index (χ3n) is 7.68. The SMILES string of the molecule is COCCN(C)C1CCC(CNc2nc(N3CCOCC3)cc(-n3c(C(F)F)nc4ccccc43)n2)CC1. The highest BCUT2D eigenvalue weighted by Crippen LogP contribution is 2.30. The summed E-state index contributed by atoms with van der Waals surface area (Å²) in [5.41, 5.74) is 1.10. The summed E-state index contributed by atoms with van der Waals surface area (Å²) in [5, 5.41) is 3.44. The van der Waals surface area contributed by atoms with E-state index in [0.29, 0.717) is 66.9 Å². The van der Waals surface area contributed by atoms with Gasteiger partial charge in [0.25, 0.3) is 6.43 Å². The van der Waals surface area contributed by atoms with Crippen LogP contribution in [0.2, 0.25) is 0 Å². The van der Waals surface area contributed by atoms with E-state index in [2.05, 4.69) is 27.1 Å². The number of imidazole rings is 1. The molecule has 0 amide bonds. The number of benzene rings is 1. The molecule has 11 heteroatoms. The zero-order valence-electron chi connectivity index (χ0n) is 22.2. The van der Waals surface area contributed by atoms with Crippen LogP contribution in [0, 0.1) is 5.92 Å². The molecule has 1 saturated heterocycles. The van der Waals surface area contributed by atoms with Crippen LogP contribution in [0.1, 0.15) is 37.9 Å². The number of morpholine rings is 1. The zero-order chi connectivity index (χ0) is 26.5. The molecule has 1 aromatic carbocycles. The largest absolute Gasteiger partial charge is 0.383 e. The summed E-state index contributed by atoms with van der Waals surface area (Å²) >= 11 is 0. The topological polar surface area (TPSA) is 80.6 Å². The second-order valence-corrected chi connectivity index (χ2v) is 10.1. The summed E-state index contributed by atoms with van der Waals surface area (Å²) < 4.78 is 40.3. The predicted octanol–water partition coefficient (Wildman–Crippen LogP) is 4.14. The summed E-state index contributed by atoms with van der Waals surface area (Å²) in [6.07, 6.45) is 1.79. The fourth-order valence-corrected chi connectivity index (χ4v) is 5.45. The third-order valence-corrected chi connectivity index (χ3v) is 7.68. The number of nitrogens with one attached hydrogen (secondary N) is 1. The number of ether oxygens (including phenoxy) is 2. The van der Waals surface area contributed by atoms with Gasteiger partial charge in [0.05, 0.1) is 30.9 Å². The van der Waals surface area contributed by atoms with E-state index >= 15 is 0 Å². The molecule has 1 saturated carbocycles. The van der Waals surface area contributed by atoms with Gasteiger partial charge in [-0.25, -0.2) is 13.8 Å². The number of aromatic nitrogens is 4. The van der Waals surface area contributed by atoms with Crippen molar-refractivity contribution in [3.63, 3.8) is 0 Å². The van der Waals surface area contributed by atoms with E-state index in [1.165, 1.54) is 4.57 Å². The number of alkyl halides is 2. The second-order valence-electron chi connectivity index (χ2n) is 10.1. The van der Waals surface area contributed by atoms with Crippen molar-refractivity contribution < 1.29 is 18.3 Å². The van der Waals surface area contributed by atoms with Gasteiger partial charge in [0, 0.05) is 45.4 Å². The molecule has 0 bridgehead atoms. The number of para-hydroxylation sites is 2. The molecule has 5 rings (SSSR count). The average molecular weight is 530 g/mol. The van der Waals surface area contributed by atoms with Crippen LogP contribution in [0.3, 0.4) is 0 Å². The molecule has 0 unspecified atom stereocenters. The van der Waals surface area contributed by atoms with Crippen LogP contribution in [0.25, 0.3) is 16.9 Å². The Morgan fingerprint density at radius 3 is 2.55 bits per heavy atom. The molecule has 1 aliphatic heterocycles. The molecule has 1 aliphatic carbocycles. The summed E-state index contributed by atoms with van der Waals surface area (Å²) in [6, 6.07) is 9.51. The van der Waals surface area contributed by atoms with Crippen molar-refractivity contribution in [3.8, 4) is 5.82 Å². The molecule has 3 aromatic rings. The highest BCUT2D eigenvalue weighted by Gasteiger charge is 2.26. The van der Waals surface area contributed by atoms with E-state index in [1.807, 2.05) is 6.07 Å². The van der Waals surface area contributed by atoms with Crippen molar-refractivity contribution in [2.24, 2.45) is 5.92 Å². The third kappa shape index (κ3) is 6.05. The van der Waals surface area contributed by atoms with Crippen LogP contribution in [0.15, 0.2) is 30.3 Å². The van der Waals surface area contributed by atoms with E-state index in [4.69, 9.17) is 19.4 Å². The summed E-state index contributed by atoms with van der Waals surface area (Å²) in [4.78, 5) is 18.2. The minimum absolute atomic E-state index is 0.320. The van der Waals surface area contributed by atoms with Crippen LogP contribution in [-0.2, 0) is 9.47 Å². The first-order chi connectivity index (χ1) is 18.5. The van der Waals surface area contributed by atoms with Crippen molar-refractivity contribution in [3.05, 3.63) is 36.2 Å². The van der Waals surface area contributed by atoms with Gasteiger partial charge in [-0.3, -0.25) is 4.57 Å². The minimum Gasteiger partial charge on any atom is -0.383 e. The fourth-order valence-electron chi connectivity index (χ4n) is 5.45. The first kappa shape index (κ1) is 26.7. The number of halogens is 2. The molecule has 3 heterocycles. The molecule has 2 aliphatic rings. The number of nitrogens with zero attached hydrogens (tertiary/aromatic N) is 6. The number of methoxy groups -OCH3 is 1. The Hall–Kier alpha value is -2.89. The molecule has 206 valence electrons. The highest BCUT2D eigenvalue weighted by molar-refractivity contribution is 5.78. The number of fused-ring (bicyclic) bond motifs is 1. The van der Waals surface area contributed by atoms with Gasteiger partial charge in [0.15, 0.2) is 5.82 Å². The van der Waals surface area contributed by atoms with Crippen molar-refractivity contribution >= 4 is 22.8 Å². The zero-order valence-corrected chi connectivity index (χ0v) is 22.2. The lowest BCUT2D eigenvalue weighted by Gasteiger charge is -2.34. The van der Waals surface area contributed by atoms with Gasteiger partial charge in [-0.15, -0.1) is 0 Å². The van der Waals surface area contributed by atoms with E-state index in [1.54, 1.807) is 31.4 Å². The summed E-state index contributed by atoms with van der Waals surface area (Å²) in [5.74, 6) is 1.71. The van der Waals surface area contributed by atoms with Crippen LogP contribution in [-0.4, -0.2) is 90.6 Å². The van der Waals surface area contributed by atoms with Gasteiger partial charge in [-0.1, -0.05) is 12.1 Å². The predicted molar refractivity (Wildman–Crippen MR) is 143 cm³/mol. The molecule has 0 spiro atoms. The summed E-state index contributed by atoms with van der Waals surface area (Å²) in [6.45, 7) is 4.99. The Kier molecular flexibility index (Phi) is 8.65. The first-order valence-electron chi connectivity index (χ1n) is 13.4. The van der Waals surface area contributed by atoms with Gasteiger partial charge in [-0.05, 0) is 50.8 Å². The van der Waals surface area contributed by atoms with E-state index < -0.39 is 6.43 Å². The Labute approximate surface area is 222 Å². The Bertz CT molecular complexity index is 1190. The molecule has 0 radical (unpaired) electrons. The van der Waals surface area contributed by atoms with Crippen LogP contribution < -0.4 is 10.2 Å². The molecule has 0 atom stereocenters. The van der Waals surface area contributed by atoms with Gasteiger partial charge >= 0.3 is 0 Å². The van der Waals surface area contributed by atoms with Gasteiger partial charge in [0.2, 0.25) is 5.95 Å². The smallest absolute Gasteiger partial charge is 0.296 e. The normalized spacial score (nSPS) is 20.5. The van der Waals surface area contributed by atoms with E-state index in [0.717, 1.165) is 45.4 Å². The monoisotopic (exact) mass is 529 g/mol. The minimum atomic E-state index is -2.74. The van der Waals surface area contributed by atoms with Crippen molar-refractivity contribution in [2.75, 3.05) is 70.4 Å². The van der Waals surface area contributed by atoms with Crippen molar-refractivity contribution in [1.82, 2.24) is 24.4 Å². The Morgan fingerprint density at radius 2 is 1.82 bits per heavy atom. The fraction of sp³-hybridized carbons (Fsp3) is 0.593. The van der Waals surface area contributed by atoms with Crippen molar-refractivity contribution in [1.29, 1.82) is 0 Å². The van der Waals surface area contributed by atoms with Gasteiger partial charge in [-0.2, -0.15) is 9.97 Å². The number of hydrogen-bond donors (Lipinski definition) is 1. The lowest BCUT2D eigenvalue weighted by molar-refractivity contribution is 0.114. The van der Waals surface area contributed by atoms with E-state index in [9.17, 15) is 8.78 Å². The van der Waals surface area contributed by atoms with Crippen molar-refractivity contribution in [2.45, 2.75) is 38.2 Å². The van der Waals surface area contributed by atoms with Crippen LogP contribution in [0.5, 0.6) is 0 Å². The average Bonchev–Trinajstić information content (AvgIpc) is 3.36. The number of hydrogen-bond acceptors (Lipinski definition) is 8. The second kappa shape index (κ2) is 12.3. The first-order valence-corrected chi connectivity index (χ1v) is 13.4. The van der Waals surface area contributed by atoms with Crippen LogP contribution >= 0.6 is 0 Å². The summed E-state index contributed by atoms with van der Waals surface area (Å²) in [7, 11) is 3.91. The van der Waals surface area contributed by atoms with Gasteiger partial charge < -0.3 is 24.6 Å². The number of rotatable bonds is 10. The molecule has 2 aromatic heterocycles. The molecule has 2 fully saturated rings. The Morgan fingerprint density at radius 1 is 1.08 bits per heavy atom. The molecule has 1 N–H and O–H groups in total. The van der Waals surface area contributed by atoms with Gasteiger partial charge in [0.1, 0.15) is 11.6 Å². The molecular formula is C27H37F2N7O2. The maximum Gasteiger partial charge on any atom is 0.296 e. The number of likely N-dealkylation sites (N-methyl/N-ethyl adjacent to an activating group) is 1. The lowest BCUT2D eigenvalue weighted by atomic mass is 9.85. The molecule has 38 heavy (non-hydrogen) atoms. The number of anilines is 2. The molecular weight excluding hydrogens is 492 g/mol.